The first-order valence-electron chi connectivity index (χ1n) is 10.9. The molecule has 0 fully saturated rings. The SMILES string of the molecule is Cc1ccccc1-c1nn(C(=O)/C=C\c2ccccc2)c2c1[C@H](C)CC[C@@H]2C(C)C. The lowest BCUT2D eigenvalue weighted by Gasteiger charge is -2.30. The van der Waals surface area contributed by atoms with Crippen LogP contribution >= 0.6 is 0 Å². The summed E-state index contributed by atoms with van der Waals surface area (Å²) >= 11 is 0. The zero-order valence-electron chi connectivity index (χ0n) is 18.3. The Morgan fingerprint density at radius 3 is 2.47 bits per heavy atom. The summed E-state index contributed by atoms with van der Waals surface area (Å²) in [6.45, 7) is 8.89. The van der Waals surface area contributed by atoms with Crippen LogP contribution in [0.25, 0.3) is 17.3 Å². The lowest BCUT2D eigenvalue weighted by Crippen LogP contribution is -2.23. The molecule has 0 spiro atoms. The van der Waals surface area contributed by atoms with Crippen molar-refractivity contribution in [1.82, 2.24) is 9.78 Å². The summed E-state index contributed by atoms with van der Waals surface area (Å²) in [6.07, 6.45) is 5.76. The third kappa shape index (κ3) is 3.77. The van der Waals surface area contributed by atoms with E-state index in [0.717, 1.165) is 35.4 Å². The van der Waals surface area contributed by atoms with Gasteiger partial charge in [-0.2, -0.15) is 5.10 Å². The molecule has 0 radical (unpaired) electrons. The highest BCUT2D eigenvalue weighted by Gasteiger charge is 2.35. The summed E-state index contributed by atoms with van der Waals surface area (Å²) in [5, 5.41) is 4.93. The molecule has 0 aliphatic heterocycles. The molecule has 2 aromatic carbocycles. The van der Waals surface area contributed by atoms with E-state index in [1.54, 1.807) is 10.8 Å². The van der Waals surface area contributed by atoms with E-state index in [2.05, 4.69) is 52.0 Å². The summed E-state index contributed by atoms with van der Waals surface area (Å²) in [7, 11) is 0. The van der Waals surface area contributed by atoms with Crippen molar-refractivity contribution in [3.63, 3.8) is 0 Å². The normalized spacial score (nSPS) is 18.7. The number of rotatable bonds is 4. The van der Waals surface area contributed by atoms with Gasteiger partial charge in [-0.15, -0.1) is 0 Å². The molecule has 1 aliphatic rings. The number of carbonyl (C=O) groups excluding carboxylic acids is 1. The molecule has 0 amide bonds. The van der Waals surface area contributed by atoms with Gasteiger partial charge in [0.15, 0.2) is 0 Å². The van der Waals surface area contributed by atoms with Crippen LogP contribution in [0.1, 0.15) is 72.6 Å². The van der Waals surface area contributed by atoms with Gasteiger partial charge in [0.25, 0.3) is 5.91 Å². The standard InChI is InChI=1S/C27H30N2O/c1-18(2)22-16-14-20(4)25-26(23-13-9-8-10-19(23)3)28-29(27(22)25)24(30)17-15-21-11-6-5-7-12-21/h5-13,15,17-18,20,22H,14,16H2,1-4H3/b17-15-/t20-,22-/m1/s1. The van der Waals surface area contributed by atoms with Crippen LogP contribution in [-0.2, 0) is 0 Å². The first-order chi connectivity index (χ1) is 14.5. The number of nitrogens with zero attached hydrogens (tertiary/aromatic N) is 2. The Bertz CT molecular complexity index is 1080. The van der Waals surface area contributed by atoms with Crippen LogP contribution in [0.5, 0.6) is 0 Å². The Labute approximate surface area is 179 Å². The Kier molecular flexibility index (Phi) is 5.72. The maximum Gasteiger partial charge on any atom is 0.271 e. The van der Waals surface area contributed by atoms with Crippen molar-refractivity contribution >= 4 is 12.0 Å². The van der Waals surface area contributed by atoms with Crippen LogP contribution < -0.4 is 0 Å². The van der Waals surface area contributed by atoms with Crippen molar-refractivity contribution in [3.8, 4) is 11.3 Å². The minimum absolute atomic E-state index is 0.0744. The minimum atomic E-state index is -0.0744. The molecule has 0 saturated heterocycles. The maximum absolute atomic E-state index is 13.3. The molecule has 3 heteroatoms. The molecule has 0 unspecified atom stereocenters. The summed E-state index contributed by atoms with van der Waals surface area (Å²) in [4.78, 5) is 13.3. The third-order valence-corrected chi connectivity index (χ3v) is 6.35. The summed E-state index contributed by atoms with van der Waals surface area (Å²) in [5.41, 5.74) is 6.68. The van der Waals surface area contributed by atoms with E-state index in [0.29, 0.717) is 17.8 Å². The van der Waals surface area contributed by atoms with Crippen molar-refractivity contribution in [3.05, 3.63) is 83.1 Å². The van der Waals surface area contributed by atoms with E-state index in [-0.39, 0.29) is 5.91 Å². The highest BCUT2D eigenvalue weighted by atomic mass is 16.2. The van der Waals surface area contributed by atoms with E-state index >= 15 is 0 Å². The number of fused-ring (bicyclic) bond motifs is 1. The topological polar surface area (TPSA) is 34.9 Å². The number of aryl methyl sites for hydroxylation is 1. The molecular formula is C27H30N2O. The summed E-state index contributed by atoms with van der Waals surface area (Å²) < 4.78 is 1.69. The van der Waals surface area contributed by atoms with Crippen LogP contribution in [0.2, 0.25) is 0 Å². The van der Waals surface area contributed by atoms with Gasteiger partial charge in [0.05, 0.1) is 11.4 Å². The molecule has 1 aliphatic carbocycles. The molecule has 2 atom stereocenters. The van der Waals surface area contributed by atoms with Crippen molar-refractivity contribution in [2.75, 3.05) is 0 Å². The van der Waals surface area contributed by atoms with Gasteiger partial charge in [0, 0.05) is 23.1 Å². The Hall–Kier alpha value is -2.94. The average Bonchev–Trinajstić information content (AvgIpc) is 3.14. The molecular weight excluding hydrogens is 368 g/mol. The Balaban J connectivity index is 1.86. The highest BCUT2D eigenvalue weighted by Crippen LogP contribution is 2.46. The summed E-state index contributed by atoms with van der Waals surface area (Å²) in [6, 6.07) is 18.3. The third-order valence-electron chi connectivity index (χ3n) is 6.35. The van der Waals surface area contributed by atoms with Gasteiger partial charge in [-0.25, -0.2) is 4.68 Å². The second-order valence-corrected chi connectivity index (χ2v) is 8.79. The van der Waals surface area contributed by atoms with Crippen LogP contribution in [0.3, 0.4) is 0 Å². The van der Waals surface area contributed by atoms with Gasteiger partial charge in [0.2, 0.25) is 0 Å². The second kappa shape index (κ2) is 8.43. The maximum atomic E-state index is 13.3. The highest BCUT2D eigenvalue weighted by molar-refractivity contribution is 5.94. The van der Waals surface area contributed by atoms with E-state index in [4.69, 9.17) is 5.10 Å². The van der Waals surface area contributed by atoms with E-state index < -0.39 is 0 Å². The fourth-order valence-electron chi connectivity index (χ4n) is 4.65. The van der Waals surface area contributed by atoms with Gasteiger partial charge in [-0.3, -0.25) is 4.79 Å². The lowest BCUT2D eigenvalue weighted by molar-refractivity contribution is 0.0947. The second-order valence-electron chi connectivity index (χ2n) is 8.79. The van der Waals surface area contributed by atoms with E-state index in [1.807, 2.05) is 36.4 Å². The van der Waals surface area contributed by atoms with Crippen LogP contribution in [0, 0.1) is 12.8 Å². The predicted molar refractivity (Wildman–Crippen MR) is 124 cm³/mol. The fraction of sp³-hybridized carbons (Fsp3) is 0.333. The Morgan fingerprint density at radius 1 is 1.07 bits per heavy atom. The number of allylic oxidation sites excluding steroid dienone is 1. The molecule has 3 aromatic rings. The molecule has 3 nitrogen and oxygen atoms in total. The first kappa shape index (κ1) is 20.3. The van der Waals surface area contributed by atoms with Crippen LogP contribution in [0.15, 0.2) is 60.7 Å². The lowest BCUT2D eigenvalue weighted by atomic mass is 9.75. The minimum Gasteiger partial charge on any atom is -0.267 e. The van der Waals surface area contributed by atoms with E-state index in [1.165, 1.54) is 11.1 Å². The van der Waals surface area contributed by atoms with Gasteiger partial charge in [-0.1, -0.05) is 75.4 Å². The van der Waals surface area contributed by atoms with Gasteiger partial charge in [0.1, 0.15) is 0 Å². The molecule has 4 rings (SSSR count). The van der Waals surface area contributed by atoms with Crippen molar-refractivity contribution in [1.29, 1.82) is 0 Å². The largest absolute Gasteiger partial charge is 0.271 e. The van der Waals surface area contributed by atoms with Crippen molar-refractivity contribution in [2.24, 2.45) is 5.92 Å². The number of hydrogen-bond donors (Lipinski definition) is 0. The zero-order chi connectivity index (χ0) is 21.3. The van der Waals surface area contributed by atoms with Crippen LogP contribution in [-0.4, -0.2) is 15.7 Å². The predicted octanol–water partition coefficient (Wildman–Crippen LogP) is 6.85. The molecule has 1 aromatic heterocycles. The van der Waals surface area contributed by atoms with Gasteiger partial charge < -0.3 is 0 Å². The molecule has 0 N–H and O–H groups in total. The number of carbonyl (C=O) groups is 1. The molecule has 1 heterocycles. The first-order valence-corrected chi connectivity index (χ1v) is 10.9. The quantitative estimate of drug-likeness (QED) is 0.451. The Morgan fingerprint density at radius 2 is 1.77 bits per heavy atom. The van der Waals surface area contributed by atoms with E-state index in [9.17, 15) is 4.79 Å². The number of benzene rings is 2. The van der Waals surface area contributed by atoms with Crippen LogP contribution in [0.4, 0.5) is 0 Å². The monoisotopic (exact) mass is 398 g/mol. The van der Waals surface area contributed by atoms with Crippen molar-refractivity contribution < 1.29 is 4.79 Å². The number of hydrogen-bond acceptors (Lipinski definition) is 2. The zero-order valence-corrected chi connectivity index (χ0v) is 18.3. The summed E-state index contributed by atoms with van der Waals surface area (Å²) in [5.74, 6) is 1.12. The smallest absolute Gasteiger partial charge is 0.267 e. The van der Waals surface area contributed by atoms with Crippen molar-refractivity contribution in [2.45, 2.75) is 52.4 Å². The van der Waals surface area contributed by atoms with Gasteiger partial charge in [-0.05, 0) is 48.8 Å². The number of aromatic nitrogens is 2. The molecule has 30 heavy (non-hydrogen) atoms. The fourth-order valence-corrected chi connectivity index (χ4v) is 4.65. The molecule has 0 bridgehead atoms. The van der Waals surface area contributed by atoms with Gasteiger partial charge >= 0.3 is 0 Å². The molecule has 154 valence electrons. The average molecular weight is 399 g/mol. The molecule has 0 saturated carbocycles.